The zero-order chi connectivity index (χ0) is 14.6. The Morgan fingerprint density at radius 2 is 2.05 bits per heavy atom. The fourth-order valence-electron chi connectivity index (χ4n) is 2.07. The van der Waals surface area contributed by atoms with E-state index < -0.39 is 6.10 Å². The molecule has 0 fully saturated rings. The van der Waals surface area contributed by atoms with Gasteiger partial charge in [-0.15, -0.1) is 6.58 Å². The van der Waals surface area contributed by atoms with Crippen molar-refractivity contribution in [3.05, 3.63) is 48.6 Å². The minimum atomic E-state index is -0.557. The van der Waals surface area contributed by atoms with Gasteiger partial charge < -0.3 is 15.2 Å². The Labute approximate surface area is 122 Å². The number of nitrogens with one attached hydrogen (secondary N) is 1. The van der Waals surface area contributed by atoms with Gasteiger partial charge in [0.25, 0.3) is 0 Å². The number of hydrogen-bond donors (Lipinski definition) is 2. The van der Waals surface area contributed by atoms with E-state index in [0.29, 0.717) is 19.7 Å². The summed E-state index contributed by atoms with van der Waals surface area (Å²) in [5, 5.41) is 13.5. The molecule has 20 heavy (non-hydrogen) atoms. The van der Waals surface area contributed by atoms with Crippen LogP contribution in [0.4, 0.5) is 0 Å². The van der Waals surface area contributed by atoms with Gasteiger partial charge in [-0.05, 0) is 12.0 Å². The van der Waals surface area contributed by atoms with E-state index in [0.717, 1.165) is 18.4 Å². The van der Waals surface area contributed by atoms with Crippen LogP contribution in [0.5, 0.6) is 0 Å². The number of unbranched alkanes of at least 4 members (excludes halogenated alkanes) is 2. The van der Waals surface area contributed by atoms with E-state index >= 15 is 0 Å². The van der Waals surface area contributed by atoms with Crippen LogP contribution in [0.25, 0.3) is 0 Å². The van der Waals surface area contributed by atoms with Gasteiger partial charge in [-0.3, -0.25) is 0 Å². The number of ether oxygens (including phenoxy) is 1. The van der Waals surface area contributed by atoms with Crippen LogP contribution >= 0.6 is 0 Å². The Kier molecular flexibility index (Phi) is 8.96. The monoisotopic (exact) mass is 277 g/mol. The third-order valence-corrected chi connectivity index (χ3v) is 3.17. The first kappa shape index (κ1) is 16.9. The smallest absolute Gasteiger partial charge is 0.110 e. The van der Waals surface area contributed by atoms with Crippen LogP contribution in [-0.2, 0) is 4.74 Å². The molecule has 0 bridgehead atoms. The maximum atomic E-state index is 10.3. The van der Waals surface area contributed by atoms with Crippen LogP contribution in [0, 0.1) is 0 Å². The van der Waals surface area contributed by atoms with E-state index in [1.54, 1.807) is 6.08 Å². The fourth-order valence-corrected chi connectivity index (χ4v) is 2.07. The lowest BCUT2D eigenvalue weighted by atomic mass is 10.0. The quantitative estimate of drug-likeness (QED) is 0.482. The van der Waals surface area contributed by atoms with Crippen LogP contribution in [0.1, 0.15) is 37.9 Å². The van der Waals surface area contributed by atoms with Gasteiger partial charge in [0.1, 0.15) is 6.10 Å². The third kappa shape index (κ3) is 6.33. The van der Waals surface area contributed by atoms with Crippen molar-refractivity contribution in [1.29, 1.82) is 0 Å². The van der Waals surface area contributed by atoms with Crippen LogP contribution in [-0.4, -0.2) is 30.9 Å². The highest BCUT2D eigenvalue weighted by Crippen LogP contribution is 2.21. The lowest BCUT2D eigenvalue weighted by molar-refractivity contribution is -0.0392. The average molecular weight is 277 g/mol. The Hall–Kier alpha value is -1.16. The lowest BCUT2D eigenvalue weighted by Crippen LogP contribution is -2.33. The first-order chi connectivity index (χ1) is 9.79. The summed E-state index contributed by atoms with van der Waals surface area (Å²) in [5.41, 5.74) is 1.02. The summed E-state index contributed by atoms with van der Waals surface area (Å²) in [7, 11) is 0. The van der Waals surface area contributed by atoms with E-state index in [2.05, 4.69) is 18.8 Å². The second-order valence-electron chi connectivity index (χ2n) is 4.92. The molecule has 1 aromatic rings. The molecule has 1 aromatic carbocycles. The van der Waals surface area contributed by atoms with Gasteiger partial charge >= 0.3 is 0 Å². The summed E-state index contributed by atoms with van der Waals surface area (Å²) in [5.74, 6) is 0. The molecule has 2 N–H and O–H groups in total. The molecular weight excluding hydrogens is 250 g/mol. The van der Waals surface area contributed by atoms with Gasteiger partial charge in [0.2, 0.25) is 0 Å². The van der Waals surface area contributed by atoms with Crippen molar-refractivity contribution in [3.8, 4) is 0 Å². The molecule has 0 aliphatic heterocycles. The molecule has 0 saturated carbocycles. The number of benzene rings is 1. The van der Waals surface area contributed by atoms with Crippen LogP contribution in [0.2, 0.25) is 0 Å². The zero-order valence-corrected chi connectivity index (χ0v) is 12.4. The molecule has 0 aliphatic carbocycles. The van der Waals surface area contributed by atoms with E-state index in [9.17, 15) is 5.11 Å². The highest BCUT2D eigenvalue weighted by molar-refractivity contribution is 5.18. The molecule has 112 valence electrons. The lowest BCUT2D eigenvalue weighted by Gasteiger charge is -2.24. The average Bonchev–Trinajstić information content (AvgIpc) is 2.48. The van der Waals surface area contributed by atoms with Gasteiger partial charge in [-0.2, -0.15) is 0 Å². The molecule has 3 nitrogen and oxygen atoms in total. The SMILES string of the molecule is C=CCNCC(O)C(OCCCCC)c1ccccc1. The molecule has 0 radical (unpaired) electrons. The number of aliphatic hydroxyl groups excluding tert-OH is 1. The van der Waals surface area contributed by atoms with Crippen molar-refractivity contribution < 1.29 is 9.84 Å². The molecule has 0 spiro atoms. The van der Waals surface area contributed by atoms with Crippen LogP contribution < -0.4 is 5.32 Å². The summed E-state index contributed by atoms with van der Waals surface area (Å²) in [6.45, 7) is 7.70. The highest BCUT2D eigenvalue weighted by atomic mass is 16.5. The topological polar surface area (TPSA) is 41.5 Å². The Bertz CT molecular complexity index is 353. The highest BCUT2D eigenvalue weighted by Gasteiger charge is 2.21. The minimum absolute atomic E-state index is 0.273. The van der Waals surface area contributed by atoms with E-state index in [1.807, 2.05) is 30.3 Å². The standard InChI is InChI=1S/C17H27NO2/c1-3-5-9-13-20-17(15-10-7-6-8-11-15)16(19)14-18-12-4-2/h4,6-8,10-11,16-19H,2-3,5,9,12-14H2,1H3. The number of hydrogen-bond acceptors (Lipinski definition) is 3. The van der Waals surface area contributed by atoms with E-state index in [4.69, 9.17) is 4.74 Å². The van der Waals surface area contributed by atoms with Gasteiger partial charge in [0.05, 0.1) is 6.10 Å². The van der Waals surface area contributed by atoms with Crippen molar-refractivity contribution >= 4 is 0 Å². The maximum absolute atomic E-state index is 10.3. The largest absolute Gasteiger partial charge is 0.389 e. The molecule has 0 aliphatic rings. The summed E-state index contributed by atoms with van der Waals surface area (Å²) >= 11 is 0. The van der Waals surface area contributed by atoms with Crippen LogP contribution in [0.3, 0.4) is 0 Å². The normalized spacial score (nSPS) is 13.9. The third-order valence-electron chi connectivity index (χ3n) is 3.17. The summed E-state index contributed by atoms with van der Waals surface area (Å²) in [6, 6.07) is 9.92. The predicted octanol–water partition coefficient (Wildman–Crippen LogP) is 3.07. The molecule has 0 heterocycles. The zero-order valence-electron chi connectivity index (χ0n) is 12.4. The van der Waals surface area contributed by atoms with Gasteiger partial charge in [-0.25, -0.2) is 0 Å². The number of aliphatic hydroxyl groups is 1. The van der Waals surface area contributed by atoms with Gasteiger partial charge in [-0.1, -0.05) is 56.2 Å². The molecular formula is C17H27NO2. The summed E-state index contributed by atoms with van der Waals surface area (Å²) < 4.78 is 5.91. The van der Waals surface area contributed by atoms with Gasteiger partial charge in [0, 0.05) is 19.7 Å². The van der Waals surface area contributed by atoms with Crippen molar-refractivity contribution in [2.75, 3.05) is 19.7 Å². The summed E-state index contributed by atoms with van der Waals surface area (Å²) in [4.78, 5) is 0. The van der Waals surface area contributed by atoms with Crippen LogP contribution in [0.15, 0.2) is 43.0 Å². The first-order valence-corrected chi connectivity index (χ1v) is 7.45. The molecule has 1 rings (SSSR count). The Balaban J connectivity index is 2.56. The maximum Gasteiger partial charge on any atom is 0.110 e. The van der Waals surface area contributed by atoms with Crippen molar-refractivity contribution in [2.45, 2.75) is 38.4 Å². The Morgan fingerprint density at radius 1 is 1.30 bits per heavy atom. The first-order valence-electron chi connectivity index (χ1n) is 7.45. The minimum Gasteiger partial charge on any atom is -0.389 e. The molecule has 0 aromatic heterocycles. The molecule has 0 saturated heterocycles. The molecule has 3 heteroatoms. The van der Waals surface area contributed by atoms with E-state index in [-0.39, 0.29) is 6.10 Å². The fraction of sp³-hybridized carbons (Fsp3) is 0.529. The second kappa shape index (κ2) is 10.6. The van der Waals surface area contributed by atoms with Gasteiger partial charge in [0.15, 0.2) is 0 Å². The Morgan fingerprint density at radius 3 is 2.70 bits per heavy atom. The van der Waals surface area contributed by atoms with Crippen molar-refractivity contribution in [1.82, 2.24) is 5.32 Å². The number of rotatable bonds is 11. The van der Waals surface area contributed by atoms with Crippen molar-refractivity contribution in [3.63, 3.8) is 0 Å². The predicted molar refractivity (Wildman–Crippen MR) is 83.7 cm³/mol. The molecule has 0 amide bonds. The second-order valence-corrected chi connectivity index (χ2v) is 4.92. The molecule has 2 atom stereocenters. The van der Waals surface area contributed by atoms with E-state index in [1.165, 1.54) is 6.42 Å². The van der Waals surface area contributed by atoms with Crippen molar-refractivity contribution in [2.24, 2.45) is 0 Å². The molecule has 2 unspecified atom stereocenters. The summed E-state index contributed by atoms with van der Waals surface area (Å²) in [6.07, 6.45) is 4.32.